The molecule has 0 saturated carbocycles. The zero-order valence-electron chi connectivity index (χ0n) is 18.9. The number of hydrogen-bond donors (Lipinski definition) is 1. The van der Waals surface area contributed by atoms with Crippen LogP contribution in [0.5, 0.6) is 0 Å². The van der Waals surface area contributed by atoms with Crippen molar-refractivity contribution in [2.75, 3.05) is 5.75 Å². The van der Waals surface area contributed by atoms with Gasteiger partial charge in [0.25, 0.3) is 8.24 Å². The molecule has 3 aromatic carbocycles. The van der Waals surface area contributed by atoms with Crippen LogP contribution in [0.1, 0.15) is 34.1 Å². The standard InChI is InChI=1S/C26H33NO2SSi/c1-5-22(28)21-30(29,23-15-9-6-10-16-23)27-31(26(2,3)4,24-17-11-7-12-18-24)25-19-13-8-14-20-25/h6-20,22,28H,5,21H2,1-4H3/t22-,30-/m1/s1. The number of hydrogen-bond acceptors (Lipinski definition) is 3. The monoisotopic (exact) mass is 451 g/mol. The molecule has 0 amide bonds. The number of nitrogens with zero attached hydrogens (tertiary/aromatic N) is 1. The topological polar surface area (TPSA) is 49.7 Å². The highest BCUT2D eigenvalue weighted by Gasteiger charge is 2.50. The third kappa shape index (κ3) is 4.84. The molecule has 0 bridgehead atoms. The van der Waals surface area contributed by atoms with Crippen LogP contribution in [0.4, 0.5) is 0 Å². The normalized spacial score (nSPS) is 15.1. The Bertz CT molecular complexity index is 1050. The predicted octanol–water partition coefficient (Wildman–Crippen LogP) is 4.84. The van der Waals surface area contributed by atoms with E-state index in [1.165, 1.54) is 0 Å². The number of aliphatic hydroxyl groups is 1. The molecule has 0 aromatic heterocycles. The van der Waals surface area contributed by atoms with Crippen LogP contribution in [0.25, 0.3) is 0 Å². The number of aliphatic hydroxyl groups excluding tert-OH is 1. The maximum atomic E-state index is 14.7. The Balaban J connectivity index is 2.45. The fourth-order valence-electron chi connectivity index (χ4n) is 4.05. The van der Waals surface area contributed by atoms with Gasteiger partial charge in [-0.3, -0.25) is 4.03 Å². The van der Waals surface area contributed by atoms with E-state index in [1.807, 2.05) is 73.7 Å². The third-order valence-corrected chi connectivity index (χ3v) is 14.4. The Hall–Kier alpha value is -2.21. The second-order valence-corrected chi connectivity index (χ2v) is 15.9. The molecule has 0 fully saturated rings. The van der Waals surface area contributed by atoms with E-state index in [0.717, 1.165) is 10.4 Å². The minimum absolute atomic E-state index is 0.137. The van der Waals surface area contributed by atoms with E-state index in [9.17, 15) is 9.32 Å². The molecule has 3 aromatic rings. The molecule has 0 unspecified atom stereocenters. The van der Waals surface area contributed by atoms with E-state index in [4.69, 9.17) is 4.03 Å². The zero-order chi connectivity index (χ0) is 22.5. The molecule has 1 N–H and O–H groups in total. The highest BCUT2D eigenvalue weighted by Crippen LogP contribution is 2.38. The lowest BCUT2D eigenvalue weighted by Crippen LogP contribution is -2.63. The number of benzene rings is 3. The first-order chi connectivity index (χ1) is 14.7. The highest BCUT2D eigenvalue weighted by molar-refractivity contribution is 7.94. The molecular formula is C26H33NO2SSi. The fourth-order valence-corrected chi connectivity index (χ4v) is 13.4. The molecule has 5 heteroatoms. The van der Waals surface area contributed by atoms with Crippen LogP contribution in [0, 0.1) is 0 Å². The first-order valence-electron chi connectivity index (χ1n) is 10.8. The van der Waals surface area contributed by atoms with E-state index < -0.39 is 24.1 Å². The van der Waals surface area contributed by atoms with Crippen molar-refractivity contribution in [1.29, 1.82) is 0 Å². The van der Waals surface area contributed by atoms with Gasteiger partial charge in [0.15, 0.2) is 0 Å². The van der Waals surface area contributed by atoms with Crippen molar-refractivity contribution in [1.82, 2.24) is 0 Å². The van der Waals surface area contributed by atoms with Crippen LogP contribution in [0.15, 0.2) is 99.9 Å². The molecule has 3 rings (SSSR count). The average molecular weight is 452 g/mol. The quantitative estimate of drug-likeness (QED) is 0.522. The molecule has 31 heavy (non-hydrogen) atoms. The molecule has 2 atom stereocenters. The Morgan fingerprint density at radius 3 is 1.65 bits per heavy atom. The predicted molar refractivity (Wildman–Crippen MR) is 134 cm³/mol. The summed E-state index contributed by atoms with van der Waals surface area (Å²) in [5.41, 5.74) is 0. The second kappa shape index (κ2) is 9.51. The van der Waals surface area contributed by atoms with Crippen molar-refractivity contribution < 1.29 is 9.32 Å². The van der Waals surface area contributed by atoms with E-state index in [-0.39, 0.29) is 10.8 Å². The summed E-state index contributed by atoms with van der Waals surface area (Å²) in [6.07, 6.45) is -0.130. The summed E-state index contributed by atoms with van der Waals surface area (Å²) in [6, 6.07) is 30.1. The smallest absolute Gasteiger partial charge is 0.260 e. The van der Waals surface area contributed by atoms with Crippen LogP contribution < -0.4 is 10.4 Å². The van der Waals surface area contributed by atoms with E-state index in [1.54, 1.807) is 0 Å². The van der Waals surface area contributed by atoms with Crippen LogP contribution >= 0.6 is 0 Å². The summed E-state index contributed by atoms with van der Waals surface area (Å²) in [5.74, 6) is 0.137. The van der Waals surface area contributed by atoms with Crippen molar-refractivity contribution in [3.05, 3.63) is 91.0 Å². The third-order valence-electron chi connectivity index (χ3n) is 5.75. The zero-order valence-corrected chi connectivity index (χ0v) is 20.7. The Labute approximate surface area is 188 Å². The molecular weight excluding hydrogens is 418 g/mol. The van der Waals surface area contributed by atoms with Gasteiger partial charge in [0.2, 0.25) is 0 Å². The largest absolute Gasteiger partial charge is 0.392 e. The lowest BCUT2D eigenvalue weighted by Gasteiger charge is -2.40. The van der Waals surface area contributed by atoms with Crippen molar-refractivity contribution in [3.63, 3.8) is 0 Å². The van der Waals surface area contributed by atoms with E-state index in [2.05, 4.69) is 45.0 Å². The van der Waals surface area contributed by atoms with Crippen LogP contribution in [-0.4, -0.2) is 29.4 Å². The summed E-state index contributed by atoms with van der Waals surface area (Å²) in [4.78, 5) is 0.690. The first kappa shape index (κ1) is 23.5. The fraction of sp³-hybridized carbons (Fsp3) is 0.308. The lowest BCUT2D eigenvalue weighted by atomic mass is 10.2. The second-order valence-electron chi connectivity index (χ2n) is 8.97. The lowest BCUT2D eigenvalue weighted by molar-refractivity contribution is 0.194. The summed E-state index contributed by atoms with van der Waals surface area (Å²) in [6.45, 7) is 8.51. The minimum atomic E-state index is -2.91. The summed E-state index contributed by atoms with van der Waals surface area (Å²) in [5, 5.41) is 12.6. The van der Waals surface area contributed by atoms with E-state index in [0.29, 0.717) is 11.3 Å². The molecule has 3 nitrogen and oxygen atoms in total. The highest BCUT2D eigenvalue weighted by atomic mass is 32.2. The molecule has 0 heterocycles. The summed E-state index contributed by atoms with van der Waals surface area (Å²) in [7, 11) is -5.79. The van der Waals surface area contributed by atoms with Crippen molar-refractivity contribution in [2.45, 2.75) is 50.2 Å². The molecule has 164 valence electrons. The molecule has 0 saturated heterocycles. The molecule has 0 aliphatic heterocycles. The van der Waals surface area contributed by atoms with Crippen molar-refractivity contribution in [2.24, 2.45) is 4.03 Å². The van der Waals surface area contributed by atoms with E-state index >= 15 is 0 Å². The first-order valence-corrected chi connectivity index (χ1v) is 14.5. The SMILES string of the molecule is CC[C@@H](O)C[S@](=O)(=N[Si](c1ccccc1)(c1ccccc1)C(C)(C)C)c1ccccc1. The van der Waals surface area contributed by atoms with Crippen LogP contribution in [0.2, 0.25) is 5.04 Å². The van der Waals surface area contributed by atoms with Gasteiger partial charge in [-0.15, -0.1) is 0 Å². The van der Waals surface area contributed by atoms with Gasteiger partial charge in [0, 0.05) is 4.90 Å². The summed E-state index contributed by atoms with van der Waals surface area (Å²) < 4.78 is 20.1. The molecule has 0 aliphatic rings. The van der Waals surface area contributed by atoms with Gasteiger partial charge >= 0.3 is 0 Å². The van der Waals surface area contributed by atoms with Gasteiger partial charge in [0.1, 0.15) is 0 Å². The number of rotatable bonds is 7. The van der Waals surface area contributed by atoms with Crippen molar-refractivity contribution >= 4 is 28.3 Å². The van der Waals surface area contributed by atoms with Gasteiger partial charge in [0.05, 0.1) is 21.6 Å². The maximum Gasteiger partial charge on any atom is 0.260 e. The Morgan fingerprint density at radius 2 is 1.26 bits per heavy atom. The maximum absolute atomic E-state index is 14.7. The molecule has 0 spiro atoms. The summed E-state index contributed by atoms with van der Waals surface area (Å²) >= 11 is 0. The average Bonchev–Trinajstić information content (AvgIpc) is 2.78. The van der Waals surface area contributed by atoms with Crippen LogP contribution in [-0.2, 0) is 9.73 Å². The van der Waals surface area contributed by atoms with Gasteiger partial charge < -0.3 is 5.11 Å². The minimum Gasteiger partial charge on any atom is -0.392 e. The Morgan fingerprint density at radius 1 is 0.839 bits per heavy atom. The van der Waals surface area contributed by atoms with Gasteiger partial charge in [-0.05, 0) is 34.0 Å². The van der Waals surface area contributed by atoms with Crippen LogP contribution in [0.3, 0.4) is 0 Å². The van der Waals surface area contributed by atoms with Gasteiger partial charge in [-0.1, -0.05) is 107 Å². The Kier molecular flexibility index (Phi) is 7.19. The van der Waals surface area contributed by atoms with Gasteiger partial charge in [-0.25, -0.2) is 4.21 Å². The van der Waals surface area contributed by atoms with Crippen molar-refractivity contribution in [3.8, 4) is 0 Å². The molecule has 0 aliphatic carbocycles. The van der Waals surface area contributed by atoms with Gasteiger partial charge in [-0.2, -0.15) is 0 Å². The molecule has 0 radical (unpaired) electrons.